The number of rotatable bonds is 3. The Kier molecular flexibility index (Phi) is 4.32. The summed E-state index contributed by atoms with van der Waals surface area (Å²) in [6.07, 6.45) is 1.56. The van der Waals surface area contributed by atoms with Gasteiger partial charge in [0, 0.05) is 6.20 Å². The highest BCUT2D eigenvalue weighted by atomic mass is 79.9. The minimum Gasteiger partial charge on any atom is -0.276 e. The minimum atomic E-state index is -3.65. The van der Waals surface area contributed by atoms with Gasteiger partial charge >= 0.3 is 0 Å². The van der Waals surface area contributed by atoms with Crippen molar-refractivity contribution in [3.05, 3.63) is 37.8 Å². The smallest absolute Gasteiger partial charge is 0.271 e. The van der Waals surface area contributed by atoms with Gasteiger partial charge in [-0.2, -0.15) is 0 Å². The molecule has 0 spiro atoms. The first kappa shape index (κ1) is 14.3. The Morgan fingerprint density at radius 2 is 2.11 bits per heavy atom. The summed E-state index contributed by atoms with van der Waals surface area (Å²) in [6.45, 7) is 0. The van der Waals surface area contributed by atoms with E-state index in [1.807, 2.05) is 0 Å². The number of nitrogens with one attached hydrogen (secondary N) is 1. The van der Waals surface area contributed by atoms with Crippen LogP contribution in [0.4, 0.5) is 5.69 Å². The van der Waals surface area contributed by atoms with Gasteiger partial charge in [-0.15, -0.1) is 11.3 Å². The van der Waals surface area contributed by atoms with Crippen molar-refractivity contribution >= 4 is 70.5 Å². The highest BCUT2D eigenvalue weighted by Crippen LogP contribution is 2.35. The number of anilines is 1. The van der Waals surface area contributed by atoms with Crippen LogP contribution in [0, 0.1) is 0 Å². The molecule has 0 saturated heterocycles. The first-order valence-electron chi connectivity index (χ1n) is 4.48. The van der Waals surface area contributed by atoms with Gasteiger partial charge < -0.3 is 0 Å². The standard InChI is InChI=1S/C9H5Br2ClN2O2S2/c10-8-6(2-1-3-13-8)14-18(15,16)7-4-5(12)9(11)17-7/h1-4,14H. The summed E-state index contributed by atoms with van der Waals surface area (Å²) in [5.41, 5.74) is 0.373. The van der Waals surface area contributed by atoms with E-state index in [9.17, 15) is 8.42 Å². The lowest BCUT2D eigenvalue weighted by molar-refractivity contribution is 0.603. The Balaban J connectivity index is 2.36. The molecule has 4 nitrogen and oxygen atoms in total. The first-order chi connectivity index (χ1) is 8.40. The zero-order chi connectivity index (χ0) is 13.3. The molecule has 0 radical (unpaired) electrons. The number of nitrogens with zero attached hydrogens (tertiary/aromatic N) is 1. The molecule has 0 unspecified atom stereocenters. The van der Waals surface area contributed by atoms with Crippen LogP contribution in [0.1, 0.15) is 0 Å². The van der Waals surface area contributed by atoms with Gasteiger partial charge in [-0.05, 0) is 50.1 Å². The molecule has 0 atom stereocenters. The Labute approximate surface area is 130 Å². The molecule has 0 saturated carbocycles. The van der Waals surface area contributed by atoms with E-state index in [-0.39, 0.29) is 4.21 Å². The molecule has 9 heteroatoms. The second kappa shape index (κ2) is 5.46. The maximum absolute atomic E-state index is 12.1. The SMILES string of the molecule is O=S(=O)(Nc1cccnc1Br)c1cc(Cl)c(Br)s1. The topological polar surface area (TPSA) is 59.1 Å². The lowest BCUT2D eigenvalue weighted by Crippen LogP contribution is -2.12. The Bertz CT molecular complexity index is 668. The van der Waals surface area contributed by atoms with Gasteiger partial charge in [0.1, 0.15) is 8.81 Å². The van der Waals surface area contributed by atoms with Gasteiger partial charge in [0.25, 0.3) is 10.0 Å². The molecule has 0 aliphatic carbocycles. The van der Waals surface area contributed by atoms with Gasteiger partial charge in [0.05, 0.1) is 14.5 Å². The molecular weight excluding hydrogens is 428 g/mol. The van der Waals surface area contributed by atoms with Crippen LogP contribution >= 0.6 is 54.8 Å². The fourth-order valence-electron chi connectivity index (χ4n) is 1.12. The Morgan fingerprint density at radius 3 is 2.67 bits per heavy atom. The largest absolute Gasteiger partial charge is 0.276 e. The second-order valence-corrected chi connectivity index (χ2v) is 8.57. The third kappa shape index (κ3) is 3.05. The van der Waals surface area contributed by atoms with E-state index in [1.165, 1.54) is 6.07 Å². The predicted molar refractivity (Wildman–Crippen MR) is 79.8 cm³/mol. The molecule has 0 aromatic carbocycles. The molecule has 18 heavy (non-hydrogen) atoms. The summed E-state index contributed by atoms with van der Waals surface area (Å²) in [6, 6.07) is 4.64. The number of halogens is 3. The zero-order valence-corrected chi connectivity index (χ0v) is 14.1. The maximum Gasteiger partial charge on any atom is 0.271 e. The van der Waals surface area contributed by atoms with Crippen LogP contribution < -0.4 is 4.72 Å². The first-order valence-corrected chi connectivity index (χ1v) is 8.74. The summed E-state index contributed by atoms with van der Waals surface area (Å²) < 4.78 is 27.8. The third-order valence-corrected chi connectivity index (χ3v) is 6.84. The van der Waals surface area contributed by atoms with Gasteiger partial charge in [-0.1, -0.05) is 11.6 Å². The molecule has 0 fully saturated rings. The predicted octanol–water partition coefficient (Wildman–Crippen LogP) is 4.12. The van der Waals surface area contributed by atoms with Crippen LogP contribution in [0.5, 0.6) is 0 Å². The Morgan fingerprint density at radius 1 is 1.39 bits per heavy atom. The van der Waals surface area contributed by atoms with Crippen LogP contribution in [0.2, 0.25) is 5.02 Å². The maximum atomic E-state index is 12.1. The highest BCUT2D eigenvalue weighted by molar-refractivity contribution is 9.11. The normalized spacial score (nSPS) is 11.5. The lowest BCUT2D eigenvalue weighted by atomic mass is 10.4. The van der Waals surface area contributed by atoms with E-state index in [2.05, 4.69) is 41.6 Å². The molecule has 2 rings (SSSR count). The van der Waals surface area contributed by atoms with E-state index >= 15 is 0 Å². The van der Waals surface area contributed by atoms with Gasteiger partial charge in [0.15, 0.2) is 0 Å². The molecule has 0 amide bonds. The average molecular weight is 433 g/mol. The van der Waals surface area contributed by atoms with Crippen molar-refractivity contribution in [2.45, 2.75) is 4.21 Å². The fraction of sp³-hybridized carbons (Fsp3) is 0. The monoisotopic (exact) mass is 430 g/mol. The number of sulfonamides is 1. The molecular formula is C9H5Br2ClN2O2S2. The van der Waals surface area contributed by atoms with Gasteiger partial charge in [-0.25, -0.2) is 13.4 Å². The molecule has 0 aliphatic rings. The number of hydrogen-bond donors (Lipinski definition) is 1. The van der Waals surface area contributed by atoms with E-state index in [1.54, 1.807) is 18.3 Å². The number of pyridine rings is 1. The fourth-order valence-corrected chi connectivity index (χ4v) is 5.06. The number of aromatic nitrogens is 1. The van der Waals surface area contributed by atoms with Crippen LogP contribution in [0.25, 0.3) is 0 Å². The zero-order valence-electron chi connectivity index (χ0n) is 8.52. The van der Waals surface area contributed by atoms with Crippen molar-refractivity contribution in [1.29, 1.82) is 0 Å². The molecule has 96 valence electrons. The molecule has 0 aliphatic heterocycles. The van der Waals surface area contributed by atoms with Gasteiger partial charge in [0.2, 0.25) is 0 Å². The van der Waals surface area contributed by atoms with Crippen molar-refractivity contribution in [2.75, 3.05) is 4.72 Å². The molecule has 0 bridgehead atoms. The van der Waals surface area contributed by atoms with Crippen molar-refractivity contribution in [3.8, 4) is 0 Å². The van der Waals surface area contributed by atoms with E-state index < -0.39 is 10.0 Å². The van der Waals surface area contributed by atoms with Crippen molar-refractivity contribution < 1.29 is 8.42 Å². The summed E-state index contributed by atoms with van der Waals surface area (Å²) in [7, 11) is -3.65. The van der Waals surface area contributed by atoms with Crippen LogP contribution in [0.15, 0.2) is 37.0 Å². The molecule has 2 heterocycles. The second-order valence-electron chi connectivity index (χ2n) is 3.13. The van der Waals surface area contributed by atoms with Crippen molar-refractivity contribution in [3.63, 3.8) is 0 Å². The summed E-state index contributed by atoms with van der Waals surface area (Å²) in [5.74, 6) is 0. The van der Waals surface area contributed by atoms with Crippen molar-refractivity contribution in [1.82, 2.24) is 4.98 Å². The number of hydrogen-bond acceptors (Lipinski definition) is 4. The summed E-state index contributed by atoms with van der Waals surface area (Å²) >= 11 is 13.2. The van der Waals surface area contributed by atoms with E-state index in [0.29, 0.717) is 19.1 Å². The summed E-state index contributed by atoms with van der Waals surface area (Å²) in [4.78, 5) is 3.94. The third-order valence-electron chi connectivity index (χ3n) is 1.89. The van der Waals surface area contributed by atoms with Crippen molar-refractivity contribution in [2.24, 2.45) is 0 Å². The number of thiophene rings is 1. The lowest BCUT2D eigenvalue weighted by Gasteiger charge is -2.06. The summed E-state index contributed by atoms with van der Waals surface area (Å²) in [5, 5.41) is 0.366. The highest BCUT2D eigenvalue weighted by Gasteiger charge is 2.20. The van der Waals surface area contributed by atoms with Crippen LogP contribution in [0.3, 0.4) is 0 Å². The molecule has 2 aromatic heterocycles. The van der Waals surface area contributed by atoms with Crippen LogP contribution in [-0.2, 0) is 10.0 Å². The molecule has 1 N–H and O–H groups in total. The van der Waals surface area contributed by atoms with E-state index in [4.69, 9.17) is 11.6 Å². The minimum absolute atomic E-state index is 0.134. The Hall–Kier alpha value is -0.150. The molecule has 2 aromatic rings. The van der Waals surface area contributed by atoms with E-state index in [0.717, 1.165) is 11.3 Å². The van der Waals surface area contributed by atoms with Crippen LogP contribution in [-0.4, -0.2) is 13.4 Å². The average Bonchev–Trinajstić information content (AvgIpc) is 2.63. The van der Waals surface area contributed by atoms with Gasteiger partial charge in [-0.3, -0.25) is 4.72 Å². The quantitative estimate of drug-likeness (QED) is 0.743.